The molecule has 3 rings (SSSR count). The van der Waals surface area contributed by atoms with E-state index in [9.17, 15) is 4.79 Å². The highest BCUT2D eigenvalue weighted by Crippen LogP contribution is 2.30. The number of anilines is 1. The van der Waals surface area contributed by atoms with E-state index in [0.29, 0.717) is 5.82 Å². The molecule has 2 aromatic rings. The number of rotatable bonds is 4. The molecule has 2 N–H and O–H groups in total. The maximum Gasteiger partial charge on any atom is 0.356 e. The van der Waals surface area contributed by atoms with Gasteiger partial charge in [0, 0.05) is 6.61 Å². The number of carboxylic acids is 1. The largest absolute Gasteiger partial charge is 0.476 e. The lowest BCUT2D eigenvalue weighted by atomic mass is 9.95. The number of hydrogen-bond donors (Lipinski definition) is 2. The highest BCUT2D eigenvalue weighted by Gasteiger charge is 2.27. The van der Waals surface area contributed by atoms with Crippen molar-refractivity contribution >= 4 is 11.8 Å². The van der Waals surface area contributed by atoms with Gasteiger partial charge in [-0.1, -0.05) is 29.8 Å². The molecule has 1 aliphatic heterocycles. The van der Waals surface area contributed by atoms with E-state index in [4.69, 9.17) is 9.84 Å². The summed E-state index contributed by atoms with van der Waals surface area (Å²) in [4.78, 5) is 18.8. The summed E-state index contributed by atoms with van der Waals surface area (Å²) in [7, 11) is 0. The molecule has 2 atom stereocenters. The van der Waals surface area contributed by atoms with Crippen LogP contribution in [0.25, 0.3) is 0 Å². The van der Waals surface area contributed by atoms with Crippen LogP contribution < -0.4 is 5.32 Å². The third-order valence-corrected chi connectivity index (χ3v) is 3.93. The number of ether oxygens (including phenoxy) is 1. The van der Waals surface area contributed by atoms with Crippen LogP contribution in [0, 0.1) is 6.92 Å². The summed E-state index contributed by atoms with van der Waals surface area (Å²) in [6, 6.07) is 8.40. The number of aromatic nitrogens is 2. The summed E-state index contributed by atoms with van der Waals surface area (Å²) in [6.45, 7) is 2.79. The van der Waals surface area contributed by atoms with Crippen molar-refractivity contribution in [2.24, 2.45) is 0 Å². The Morgan fingerprint density at radius 2 is 2.04 bits per heavy atom. The Kier molecular flexibility index (Phi) is 4.52. The van der Waals surface area contributed by atoms with E-state index in [-0.39, 0.29) is 17.8 Å². The van der Waals surface area contributed by atoms with E-state index < -0.39 is 5.97 Å². The molecule has 1 saturated heterocycles. The zero-order chi connectivity index (χ0) is 16.2. The van der Waals surface area contributed by atoms with Crippen molar-refractivity contribution in [2.75, 3.05) is 11.9 Å². The molecule has 0 amide bonds. The molecule has 0 saturated carbocycles. The second-order valence-electron chi connectivity index (χ2n) is 5.69. The zero-order valence-electron chi connectivity index (χ0n) is 12.9. The highest BCUT2D eigenvalue weighted by molar-refractivity contribution is 5.84. The van der Waals surface area contributed by atoms with Crippen molar-refractivity contribution in [3.8, 4) is 0 Å². The molecular formula is C17H19N3O3. The van der Waals surface area contributed by atoms with Crippen LogP contribution in [-0.2, 0) is 4.74 Å². The normalized spacial score (nSPS) is 20.9. The van der Waals surface area contributed by atoms with Crippen LogP contribution in [0.1, 0.15) is 40.6 Å². The second kappa shape index (κ2) is 6.75. The molecule has 23 heavy (non-hydrogen) atoms. The van der Waals surface area contributed by atoms with E-state index in [1.165, 1.54) is 18.0 Å². The van der Waals surface area contributed by atoms with Gasteiger partial charge >= 0.3 is 5.97 Å². The van der Waals surface area contributed by atoms with Crippen LogP contribution >= 0.6 is 0 Å². The minimum absolute atomic E-state index is 0.0506. The van der Waals surface area contributed by atoms with E-state index in [2.05, 4.69) is 46.5 Å². The molecule has 0 bridgehead atoms. The number of nitrogens with zero attached hydrogens (tertiary/aromatic N) is 2. The summed E-state index contributed by atoms with van der Waals surface area (Å²) in [5.74, 6) is -0.523. The Balaban J connectivity index is 1.76. The quantitative estimate of drug-likeness (QED) is 0.903. The van der Waals surface area contributed by atoms with Gasteiger partial charge in [0.25, 0.3) is 0 Å². The van der Waals surface area contributed by atoms with Crippen molar-refractivity contribution in [3.63, 3.8) is 0 Å². The molecule has 0 spiro atoms. The van der Waals surface area contributed by atoms with Crippen molar-refractivity contribution in [2.45, 2.75) is 31.9 Å². The Hall–Kier alpha value is -2.47. The number of aryl methyl sites for hydroxylation is 1. The van der Waals surface area contributed by atoms with Crippen molar-refractivity contribution in [3.05, 3.63) is 53.5 Å². The lowest BCUT2D eigenvalue weighted by Gasteiger charge is -2.33. The molecule has 120 valence electrons. The fourth-order valence-electron chi connectivity index (χ4n) is 2.72. The summed E-state index contributed by atoms with van der Waals surface area (Å²) in [5.41, 5.74) is 2.28. The van der Waals surface area contributed by atoms with Crippen molar-refractivity contribution in [1.82, 2.24) is 9.97 Å². The van der Waals surface area contributed by atoms with E-state index in [1.54, 1.807) is 0 Å². The van der Waals surface area contributed by atoms with Gasteiger partial charge in [-0.2, -0.15) is 0 Å². The van der Waals surface area contributed by atoms with Crippen molar-refractivity contribution < 1.29 is 14.6 Å². The minimum Gasteiger partial charge on any atom is -0.476 e. The first kappa shape index (κ1) is 15.4. The van der Waals surface area contributed by atoms with Gasteiger partial charge < -0.3 is 15.2 Å². The molecule has 2 unspecified atom stereocenters. The number of carbonyl (C=O) groups is 1. The van der Waals surface area contributed by atoms with Gasteiger partial charge in [0.15, 0.2) is 5.69 Å². The highest BCUT2D eigenvalue weighted by atomic mass is 16.5. The van der Waals surface area contributed by atoms with Gasteiger partial charge in [0.2, 0.25) is 0 Å². The Bertz CT molecular complexity index is 670. The lowest BCUT2D eigenvalue weighted by molar-refractivity contribution is 0.00554. The van der Waals surface area contributed by atoms with Crippen LogP contribution in [-0.4, -0.2) is 33.7 Å². The average molecular weight is 313 g/mol. The smallest absolute Gasteiger partial charge is 0.356 e. The molecule has 6 heteroatoms. The number of aromatic carboxylic acids is 1. The van der Waals surface area contributed by atoms with E-state index in [0.717, 1.165) is 25.0 Å². The maximum absolute atomic E-state index is 10.8. The van der Waals surface area contributed by atoms with Gasteiger partial charge in [-0.15, -0.1) is 0 Å². The fourth-order valence-corrected chi connectivity index (χ4v) is 2.72. The Morgan fingerprint density at radius 3 is 2.70 bits per heavy atom. The molecule has 1 aliphatic rings. The standard InChI is InChI=1S/C17H19N3O3/c1-11-4-6-12(7-5-11)16-13(3-2-8-23-16)20-15-10-18-14(9-19-15)17(21)22/h4-7,9-10,13,16H,2-3,8H2,1H3,(H,19,20)(H,21,22). The Morgan fingerprint density at radius 1 is 1.26 bits per heavy atom. The molecule has 1 aromatic carbocycles. The molecule has 2 heterocycles. The van der Waals surface area contributed by atoms with Crippen LogP contribution in [0.2, 0.25) is 0 Å². The third-order valence-electron chi connectivity index (χ3n) is 3.93. The lowest BCUT2D eigenvalue weighted by Crippen LogP contribution is -2.34. The SMILES string of the molecule is Cc1ccc(C2OCCCC2Nc2cnc(C(=O)O)cn2)cc1. The summed E-state index contributed by atoms with van der Waals surface area (Å²) < 4.78 is 5.95. The first-order valence-electron chi connectivity index (χ1n) is 7.63. The molecular weight excluding hydrogens is 294 g/mol. The molecule has 1 fully saturated rings. The predicted molar refractivity (Wildman–Crippen MR) is 85.5 cm³/mol. The van der Waals surface area contributed by atoms with Crippen molar-refractivity contribution in [1.29, 1.82) is 0 Å². The average Bonchev–Trinajstić information content (AvgIpc) is 2.57. The van der Waals surface area contributed by atoms with Crippen LogP contribution in [0.4, 0.5) is 5.82 Å². The van der Waals surface area contributed by atoms with Gasteiger partial charge in [0.05, 0.1) is 18.4 Å². The monoisotopic (exact) mass is 313 g/mol. The first-order valence-corrected chi connectivity index (χ1v) is 7.63. The van der Waals surface area contributed by atoms with Crippen LogP contribution in [0.5, 0.6) is 0 Å². The second-order valence-corrected chi connectivity index (χ2v) is 5.69. The summed E-state index contributed by atoms with van der Waals surface area (Å²) in [5, 5.41) is 12.2. The maximum atomic E-state index is 10.8. The molecule has 0 aliphatic carbocycles. The van der Waals surface area contributed by atoms with E-state index >= 15 is 0 Å². The summed E-state index contributed by atoms with van der Waals surface area (Å²) >= 11 is 0. The zero-order valence-corrected chi connectivity index (χ0v) is 12.9. The minimum atomic E-state index is -1.08. The predicted octanol–water partition coefficient (Wildman–Crippen LogP) is 2.82. The van der Waals surface area contributed by atoms with E-state index in [1.807, 2.05) is 0 Å². The van der Waals surface area contributed by atoms with Crippen LogP contribution in [0.15, 0.2) is 36.7 Å². The topological polar surface area (TPSA) is 84.3 Å². The number of carboxylic acid groups (broad SMARTS) is 1. The molecule has 1 aromatic heterocycles. The third kappa shape index (κ3) is 3.65. The number of nitrogens with one attached hydrogen (secondary N) is 1. The summed E-state index contributed by atoms with van der Waals surface area (Å²) in [6.07, 6.45) is 4.59. The van der Waals surface area contributed by atoms with Gasteiger partial charge in [-0.05, 0) is 25.3 Å². The fraction of sp³-hybridized carbons (Fsp3) is 0.353. The van der Waals surface area contributed by atoms with Gasteiger partial charge in [0.1, 0.15) is 11.9 Å². The van der Waals surface area contributed by atoms with Gasteiger partial charge in [-0.25, -0.2) is 14.8 Å². The Labute approximate surface area is 134 Å². The van der Waals surface area contributed by atoms with Gasteiger partial charge in [-0.3, -0.25) is 0 Å². The molecule has 6 nitrogen and oxygen atoms in total. The molecule has 0 radical (unpaired) electrons. The number of benzene rings is 1. The van der Waals surface area contributed by atoms with Crippen LogP contribution in [0.3, 0.4) is 0 Å². The number of hydrogen-bond acceptors (Lipinski definition) is 5. The first-order chi connectivity index (χ1) is 11.1.